The van der Waals surface area contributed by atoms with Gasteiger partial charge in [0.25, 0.3) is 0 Å². The SMILES string of the molecule is O=C(Nc1ccc(N2CCCS2(=O)=O)cc1)[C@H](Cc1ccccc1)n1cnnn1. The molecule has 1 aliphatic heterocycles. The molecule has 1 N–H and O–H groups in total. The summed E-state index contributed by atoms with van der Waals surface area (Å²) in [6, 6.07) is 15.8. The van der Waals surface area contributed by atoms with Crippen molar-refractivity contribution in [3.63, 3.8) is 0 Å². The summed E-state index contributed by atoms with van der Waals surface area (Å²) in [5.41, 5.74) is 2.15. The van der Waals surface area contributed by atoms with Crippen LogP contribution < -0.4 is 9.62 Å². The molecule has 1 saturated heterocycles. The summed E-state index contributed by atoms with van der Waals surface area (Å²) in [5, 5.41) is 14.0. The maximum Gasteiger partial charge on any atom is 0.249 e. The number of hydrogen-bond acceptors (Lipinski definition) is 6. The second kappa shape index (κ2) is 8.00. The predicted octanol–water partition coefficient (Wildman–Crippen LogP) is 1.64. The molecule has 2 aromatic carbocycles. The minimum Gasteiger partial charge on any atom is -0.324 e. The number of nitrogens with one attached hydrogen (secondary N) is 1. The average molecular weight is 412 g/mol. The van der Waals surface area contributed by atoms with Gasteiger partial charge in [-0.3, -0.25) is 9.10 Å². The number of carbonyl (C=O) groups excluding carboxylic acids is 1. The second-order valence-electron chi connectivity index (χ2n) is 6.77. The highest BCUT2D eigenvalue weighted by molar-refractivity contribution is 7.93. The standard InChI is InChI=1S/C19H20N6O3S/c26-19(18(24-14-20-22-23-24)13-15-5-2-1-3-6-15)21-16-7-9-17(10-8-16)25-11-4-12-29(25,27)28/h1-3,5-10,14,18H,4,11-13H2,(H,21,26)/t18-/m0/s1. The summed E-state index contributed by atoms with van der Waals surface area (Å²) in [6.45, 7) is 0.479. The Morgan fingerprint density at radius 1 is 1.10 bits per heavy atom. The van der Waals surface area contributed by atoms with Gasteiger partial charge in [-0.25, -0.2) is 13.1 Å². The van der Waals surface area contributed by atoms with Crippen molar-refractivity contribution in [2.24, 2.45) is 0 Å². The third-order valence-electron chi connectivity index (χ3n) is 4.78. The van der Waals surface area contributed by atoms with Gasteiger partial charge >= 0.3 is 0 Å². The first kappa shape index (κ1) is 19.1. The maximum atomic E-state index is 12.9. The first-order valence-corrected chi connectivity index (χ1v) is 10.8. The van der Waals surface area contributed by atoms with Gasteiger partial charge in [0.1, 0.15) is 12.4 Å². The zero-order valence-electron chi connectivity index (χ0n) is 15.5. The van der Waals surface area contributed by atoms with Gasteiger partial charge in [-0.1, -0.05) is 30.3 Å². The fraction of sp³-hybridized carbons (Fsp3) is 0.263. The van der Waals surface area contributed by atoms with Gasteiger partial charge in [-0.05, 0) is 46.7 Å². The molecule has 1 aliphatic rings. The number of nitrogens with zero attached hydrogens (tertiary/aromatic N) is 5. The number of carbonyl (C=O) groups is 1. The first-order valence-electron chi connectivity index (χ1n) is 9.21. The summed E-state index contributed by atoms with van der Waals surface area (Å²) in [6.07, 6.45) is 2.46. The highest BCUT2D eigenvalue weighted by atomic mass is 32.2. The number of benzene rings is 2. The van der Waals surface area contributed by atoms with E-state index in [9.17, 15) is 13.2 Å². The molecule has 0 bridgehead atoms. The van der Waals surface area contributed by atoms with E-state index in [1.165, 1.54) is 15.3 Å². The highest BCUT2D eigenvalue weighted by Gasteiger charge is 2.28. The number of rotatable bonds is 6. The van der Waals surface area contributed by atoms with E-state index in [0.717, 1.165) is 5.56 Å². The molecular formula is C19H20N6O3S. The molecule has 4 rings (SSSR count). The van der Waals surface area contributed by atoms with Crippen LogP contribution in [0.3, 0.4) is 0 Å². The molecule has 0 aliphatic carbocycles. The normalized spacial score (nSPS) is 16.5. The third-order valence-corrected chi connectivity index (χ3v) is 6.65. The summed E-state index contributed by atoms with van der Waals surface area (Å²) >= 11 is 0. The molecule has 10 heteroatoms. The minimum absolute atomic E-state index is 0.165. The van der Waals surface area contributed by atoms with Crippen LogP contribution in [-0.4, -0.2) is 46.8 Å². The molecule has 150 valence electrons. The number of aromatic nitrogens is 4. The Labute approximate surface area is 168 Å². The summed E-state index contributed by atoms with van der Waals surface area (Å²) < 4.78 is 26.9. The number of sulfonamides is 1. The molecule has 3 aromatic rings. The lowest BCUT2D eigenvalue weighted by Crippen LogP contribution is -2.28. The molecule has 1 atom stereocenters. The van der Waals surface area contributed by atoms with Crippen LogP contribution >= 0.6 is 0 Å². The highest BCUT2D eigenvalue weighted by Crippen LogP contribution is 2.26. The summed E-state index contributed by atoms with van der Waals surface area (Å²) in [5.74, 6) is -0.0961. The third kappa shape index (κ3) is 4.27. The van der Waals surface area contributed by atoms with Gasteiger partial charge in [-0.15, -0.1) is 5.10 Å². The largest absolute Gasteiger partial charge is 0.324 e. The van der Waals surface area contributed by atoms with E-state index in [0.29, 0.717) is 30.8 Å². The summed E-state index contributed by atoms with van der Waals surface area (Å²) in [4.78, 5) is 12.9. The number of amides is 1. The fourth-order valence-electron chi connectivity index (χ4n) is 3.32. The molecule has 0 spiro atoms. The number of hydrogen-bond donors (Lipinski definition) is 1. The fourth-order valence-corrected chi connectivity index (χ4v) is 4.89. The van der Waals surface area contributed by atoms with E-state index in [1.807, 2.05) is 30.3 Å². The van der Waals surface area contributed by atoms with Gasteiger partial charge in [-0.2, -0.15) is 0 Å². The van der Waals surface area contributed by atoms with Crippen LogP contribution in [0.4, 0.5) is 11.4 Å². The average Bonchev–Trinajstić information content (AvgIpc) is 3.37. The van der Waals surface area contributed by atoms with Crippen molar-refractivity contribution in [2.45, 2.75) is 18.9 Å². The zero-order chi connectivity index (χ0) is 20.3. The Morgan fingerprint density at radius 2 is 1.86 bits per heavy atom. The number of tetrazole rings is 1. The van der Waals surface area contributed by atoms with Crippen LogP contribution in [0.25, 0.3) is 0 Å². The summed E-state index contributed by atoms with van der Waals surface area (Å²) in [7, 11) is -3.23. The molecule has 1 amide bonds. The molecule has 0 unspecified atom stereocenters. The lowest BCUT2D eigenvalue weighted by atomic mass is 10.1. The molecule has 0 saturated carbocycles. The van der Waals surface area contributed by atoms with Gasteiger partial charge in [0.05, 0.1) is 11.4 Å². The Bertz CT molecular complexity index is 1070. The molecule has 29 heavy (non-hydrogen) atoms. The lowest BCUT2D eigenvalue weighted by molar-refractivity contribution is -0.119. The van der Waals surface area contributed by atoms with Crippen molar-refractivity contribution >= 4 is 27.3 Å². The lowest BCUT2D eigenvalue weighted by Gasteiger charge is -2.18. The van der Waals surface area contributed by atoms with Gasteiger partial charge < -0.3 is 5.32 Å². The van der Waals surface area contributed by atoms with Crippen LogP contribution in [0.2, 0.25) is 0 Å². The molecule has 1 aromatic heterocycles. The Hall–Kier alpha value is -3.27. The molecule has 0 radical (unpaired) electrons. The van der Waals surface area contributed by atoms with Gasteiger partial charge in [0.2, 0.25) is 15.9 Å². The van der Waals surface area contributed by atoms with Gasteiger partial charge in [0.15, 0.2) is 0 Å². The van der Waals surface area contributed by atoms with Crippen molar-refractivity contribution in [1.82, 2.24) is 20.2 Å². The van der Waals surface area contributed by atoms with Crippen molar-refractivity contribution < 1.29 is 13.2 Å². The topological polar surface area (TPSA) is 110 Å². The van der Waals surface area contributed by atoms with Crippen LogP contribution in [0.1, 0.15) is 18.0 Å². The van der Waals surface area contributed by atoms with Crippen molar-refractivity contribution in [2.75, 3.05) is 21.9 Å². The Morgan fingerprint density at radius 3 is 2.48 bits per heavy atom. The van der Waals surface area contributed by atoms with Crippen molar-refractivity contribution in [3.8, 4) is 0 Å². The van der Waals surface area contributed by atoms with Crippen LogP contribution in [0.15, 0.2) is 60.9 Å². The molecule has 9 nitrogen and oxygen atoms in total. The van der Waals surface area contributed by atoms with E-state index in [2.05, 4.69) is 20.8 Å². The van der Waals surface area contributed by atoms with Crippen LogP contribution in [0.5, 0.6) is 0 Å². The van der Waals surface area contributed by atoms with E-state index >= 15 is 0 Å². The van der Waals surface area contributed by atoms with Gasteiger partial charge in [0, 0.05) is 18.7 Å². The van der Waals surface area contributed by atoms with E-state index in [4.69, 9.17) is 0 Å². The quantitative estimate of drug-likeness (QED) is 0.659. The minimum atomic E-state index is -3.23. The van der Waals surface area contributed by atoms with Crippen LogP contribution in [0, 0.1) is 0 Å². The van der Waals surface area contributed by atoms with Crippen molar-refractivity contribution in [3.05, 3.63) is 66.5 Å². The number of anilines is 2. The second-order valence-corrected chi connectivity index (χ2v) is 8.79. The molecule has 1 fully saturated rings. The maximum absolute atomic E-state index is 12.9. The van der Waals surface area contributed by atoms with E-state index in [1.54, 1.807) is 24.3 Å². The monoisotopic (exact) mass is 412 g/mol. The Balaban J connectivity index is 1.50. The Kier molecular flexibility index (Phi) is 5.26. The molecule has 2 heterocycles. The van der Waals surface area contributed by atoms with E-state index < -0.39 is 16.1 Å². The van der Waals surface area contributed by atoms with Crippen LogP contribution in [-0.2, 0) is 21.2 Å². The van der Waals surface area contributed by atoms with Crippen molar-refractivity contribution in [1.29, 1.82) is 0 Å². The smallest absolute Gasteiger partial charge is 0.249 e. The first-order chi connectivity index (χ1) is 14.0. The molecular weight excluding hydrogens is 392 g/mol. The zero-order valence-corrected chi connectivity index (χ0v) is 16.4. The van der Waals surface area contributed by atoms with E-state index in [-0.39, 0.29) is 11.7 Å². The predicted molar refractivity (Wildman–Crippen MR) is 108 cm³/mol.